The summed E-state index contributed by atoms with van der Waals surface area (Å²) in [7, 11) is 0. The highest BCUT2D eigenvalue weighted by atomic mass is 19.1. The van der Waals surface area contributed by atoms with Crippen molar-refractivity contribution in [3.63, 3.8) is 0 Å². The molecule has 2 amide bonds. The SMILES string of the molecule is O=C(NC1CN(c2nc3ccc(F)cc3o2)C1)N1CCOCC1. The molecule has 4 rings (SSSR count). The molecule has 0 unspecified atom stereocenters. The van der Waals surface area contributed by atoms with E-state index in [1.807, 2.05) is 4.90 Å². The molecule has 0 radical (unpaired) electrons. The van der Waals surface area contributed by atoms with E-state index in [0.717, 1.165) is 0 Å². The molecule has 0 aliphatic carbocycles. The van der Waals surface area contributed by atoms with Gasteiger partial charge in [-0.2, -0.15) is 4.98 Å². The number of hydrogen-bond acceptors (Lipinski definition) is 5. The maximum Gasteiger partial charge on any atom is 0.317 e. The molecule has 2 saturated heterocycles. The third-order valence-electron chi connectivity index (χ3n) is 4.12. The van der Waals surface area contributed by atoms with E-state index in [0.29, 0.717) is 56.5 Å². The third kappa shape index (κ3) is 2.81. The van der Waals surface area contributed by atoms with Gasteiger partial charge in [0.2, 0.25) is 0 Å². The Bertz CT molecular complexity index is 723. The normalized spacial score (nSPS) is 19.0. The smallest absolute Gasteiger partial charge is 0.317 e. The number of ether oxygens (including phenoxy) is 1. The van der Waals surface area contributed by atoms with Crippen molar-refractivity contribution in [3.05, 3.63) is 24.0 Å². The van der Waals surface area contributed by atoms with E-state index in [1.54, 1.807) is 11.0 Å². The Morgan fingerprint density at radius 2 is 2.09 bits per heavy atom. The van der Waals surface area contributed by atoms with Gasteiger partial charge in [-0.3, -0.25) is 0 Å². The van der Waals surface area contributed by atoms with Gasteiger partial charge in [0.1, 0.15) is 11.3 Å². The summed E-state index contributed by atoms with van der Waals surface area (Å²) < 4.78 is 24.0. The van der Waals surface area contributed by atoms with Crippen LogP contribution in [0.3, 0.4) is 0 Å². The Hall–Kier alpha value is -2.35. The predicted octanol–water partition coefficient (Wildman–Crippen LogP) is 1.20. The Labute approximate surface area is 132 Å². The van der Waals surface area contributed by atoms with Crippen LogP contribution < -0.4 is 10.2 Å². The summed E-state index contributed by atoms with van der Waals surface area (Å²) in [5.74, 6) is -0.348. The van der Waals surface area contributed by atoms with Crippen LogP contribution in [-0.2, 0) is 4.74 Å². The average Bonchev–Trinajstić information content (AvgIpc) is 2.93. The number of nitrogens with one attached hydrogen (secondary N) is 1. The molecule has 23 heavy (non-hydrogen) atoms. The number of rotatable bonds is 2. The molecule has 3 heterocycles. The lowest BCUT2D eigenvalue weighted by Gasteiger charge is -2.39. The largest absolute Gasteiger partial charge is 0.423 e. The van der Waals surface area contributed by atoms with Crippen molar-refractivity contribution in [1.82, 2.24) is 15.2 Å². The quantitative estimate of drug-likeness (QED) is 0.900. The second-order valence-electron chi connectivity index (χ2n) is 5.76. The van der Waals surface area contributed by atoms with E-state index in [-0.39, 0.29) is 17.9 Å². The van der Waals surface area contributed by atoms with Crippen LogP contribution in [0.5, 0.6) is 0 Å². The van der Waals surface area contributed by atoms with Crippen LogP contribution in [-0.4, -0.2) is 61.3 Å². The van der Waals surface area contributed by atoms with Crippen LogP contribution in [0.25, 0.3) is 11.1 Å². The molecule has 1 N–H and O–H groups in total. The van der Waals surface area contributed by atoms with Gasteiger partial charge >= 0.3 is 6.03 Å². The van der Waals surface area contributed by atoms with Crippen LogP contribution in [0.1, 0.15) is 0 Å². The number of anilines is 1. The molecule has 122 valence electrons. The number of benzene rings is 1. The second kappa shape index (κ2) is 5.69. The Kier molecular flexibility index (Phi) is 3.53. The number of carbonyl (C=O) groups excluding carboxylic acids is 1. The summed E-state index contributed by atoms with van der Waals surface area (Å²) in [4.78, 5) is 20.1. The van der Waals surface area contributed by atoms with Crippen molar-refractivity contribution in [2.24, 2.45) is 0 Å². The zero-order valence-electron chi connectivity index (χ0n) is 12.5. The molecule has 2 fully saturated rings. The average molecular weight is 320 g/mol. The lowest BCUT2D eigenvalue weighted by Crippen LogP contribution is -2.62. The standard InChI is InChI=1S/C15H17FN4O3/c16-10-1-2-12-13(7-10)23-15(18-12)20-8-11(9-20)17-14(21)19-3-5-22-6-4-19/h1-2,7,11H,3-6,8-9H2,(H,17,21). The number of halogens is 1. The zero-order chi connectivity index (χ0) is 15.8. The number of carbonyl (C=O) groups is 1. The van der Waals surface area contributed by atoms with E-state index in [9.17, 15) is 9.18 Å². The van der Waals surface area contributed by atoms with Crippen LogP contribution >= 0.6 is 0 Å². The Balaban J connectivity index is 1.34. The Morgan fingerprint density at radius 3 is 2.87 bits per heavy atom. The van der Waals surface area contributed by atoms with Crippen LogP contribution in [0, 0.1) is 5.82 Å². The molecule has 2 aliphatic rings. The minimum Gasteiger partial charge on any atom is -0.423 e. The van der Waals surface area contributed by atoms with Gasteiger partial charge in [-0.1, -0.05) is 0 Å². The lowest BCUT2D eigenvalue weighted by molar-refractivity contribution is 0.0522. The lowest BCUT2D eigenvalue weighted by atomic mass is 10.1. The third-order valence-corrected chi connectivity index (χ3v) is 4.12. The molecule has 0 saturated carbocycles. The molecule has 0 spiro atoms. The molecule has 2 aromatic rings. The first-order valence-electron chi connectivity index (χ1n) is 7.63. The molecule has 7 nitrogen and oxygen atoms in total. The highest BCUT2D eigenvalue weighted by Gasteiger charge is 2.32. The fourth-order valence-electron chi connectivity index (χ4n) is 2.78. The van der Waals surface area contributed by atoms with Crippen molar-refractivity contribution in [2.45, 2.75) is 6.04 Å². The monoisotopic (exact) mass is 320 g/mol. The van der Waals surface area contributed by atoms with Crippen LogP contribution in [0.2, 0.25) is 0 Å². The van der Waals surface area contributed by atoms with Crippen molar-refractivity contribution in [2.75, 3.05) is 44.3 Å². The fraction of sp³-hybridized carbons (Fsp3) is 0.467. The van der Waals surface area contributed by atoms with Crippen molar-refractivity contribution >= 4 is 23.1 Å². The van der Waals surface area contributed by atoms with E-state index in [1.165, 1.54) is 12.1 Å². The van der Waals surface area contributed by atoms with Crippen molar-refractivity contribution in [1.29, 1.82) is 0 Å². The second-order valence-corrected chi connectivity index (χ2v) is 5.76. The highest BCUT2D eigenvalue weighted by Crippen LogP contribution is 2.25. The number of hydrogen-bond donors (Lipinski definition) is 1. The molecule has 0 atom stereocenters. The van der Waals surface area contributed by atoms with Crippen LogP contribution in [0.4, 0.5) is 15.2 Å². The number of fused-ring (bicyclic) bond motifs is 1. The summed E-state index contributed by atoms with van der Waals surface area (Å²) >= 11 is 0. The van der Waals surface area contributed by atoms with Gasteiger partial charge in [0, 0.05) is 32.2 Å². The van der Waals surface area contributed by atoms with Crippen molar-refractivity contribution < 1.29 is 18.3 Å². The molecular weight excluding hydrogens is 303 g/mol. The first-order valence-corrected chi connectivity index (χ1v) is 7.63. The number of morpholine rings is 1. The summed E-state index contributed by atoms with van der Waals surface area (Å²) in [6.07, 6.45) is 0. The first kappa shape index (κ1) is 14.3. The predicted molar refractivity (Wildman–Crippen MR) is 80.9 cm³/mol. The summed E-state index contributed by atoms with van der Waals surface area (Å²) in [6, 6.07) is 4.74. The van der Waals surface area contributed by atoms with Gasteiger partial charge in [-0.15, -0.1) is 0 Å². The molecule has 1 aromatic carbocycles. The fourth-order valence-corrected chi connectivity index (χ4v) is 2.78. The van der Waals surface area contributed by atoms with Gasteiger partial charge in [0.25, 0.3) is 6.01 Å². The number of nitrogens with zero attached hydrogens (tertiary/aromatic N) is 3. The summed E-state index contributed by atoms with van der Waals surface area (Å²) in [5.41, 5.74) is 1.06. The highest BCUT2D eigenvalue weighted by molar-refractivity contribution is 5.76. The van der Waals surface area contributed by atoms with E-state index in [2.05, 4.69) is 10.3 Å². The first-order chi connectivity index (χ1) is 11.2. The van der Waals surface area contributed by atoms with E-state index >= 15 is 0 Å². The Morgan fingerprint density at radius 1 is 1.30 bits per heavy atom. The minimum atomic E-state index is -0.348. The van der Waals surface area contributed by atoms with Gasteiger partial charge in [0.05, 0.1) is 19.3 Å². The number of amides is 2. The molecular formula is C15H17FN4O3. The van der Waals surface area contributed by atoms with Gasteiger partial charge in [0.15, 0.2) is 5.58 Å². The van der Waals surface area contributed by atoms with Gasteiger partial charge in [-0.25, -0.2) is 9.18 Å². The zero-order valence-corrected chi connectivity index (χ0v) is 12.5. The number of aromatic nitrogens is 1. The maximum absolute atomic E-state index is 13.2. The van der Waals surface area contributed by atoms with E-state index in [4.69, 9.17) is 9.15 Å². The minimum absolute atomic E-state index is 0.0578. The summed E-state index contributed by atoms with van der Waals surface area (Å²) in [5, 5.41) is 2.99. The van der Waals surface area contributed by atoms with Crippen molar-refractivity contribution in [3.8, 4) is 0 Å². The van der Waals surface area contributed by atoms with Crippen LogP contribution in [0.15, 0.2) is 22.6 Å². The van der Waals surface area contributed by atoms with Gasteiger partial charge < -0.3 is 24.3 Å². The molecule has 2 aliphatic heterocycles. The maximum atomic E-state index is 13.2. The molecule has 1 aromatic heterocycles. The summed E-state index contributed by atoms with van der Waals surface area (Å²) in [6.45, 7) is 3.68. The molecule has 8 heteroatoms. The number of urea groups is 1. The van der Waals surface area contributed by atoms with Gasteiger partial charge in [-0.05, 0) is 12.1 Å². The van der Waals surface area contributed by atoms with E-state index < -0.39 is 0 Å². The molecule has 0 bridgehead atoms. The topological polar surface area (TPSA) is 70.8 Å². The number of oxazole rings is 1.